The molecule has 1 heterocycles. The molecule has 3 heteroatoms. The molecule has 2 fully saturated rings. The smallest absolute Gasteiger partial charge is 0.210 e. The Balaban J connectivity index is 1.96. The Hall–Kier alpha value is -0.570. The average molecular weight is 154 g/mol. The van der Waals surface area contributed by atoms with Crippen LogP contribution in [0.4, 0.5) is 0 Å². The molecule has 0 spiro atoms. The molecule has 2 rings (SSSR count). The molecule has 0 aromatic heterocycles. The summed E-state index contributed by atoms with van der Waals surface area (Å²) in [5.41, 5.74) is 0. The van der Waals surface area contributed by atoms with Crippen LogP contribution in [0.2, 0.25) is 0 Å². The minimum absolute atomic E-state index is 0.501. The number of piperazine rings is 1. The Bertz CT molecular complexity index is 156. The Morgan fingerprint density at radius 3 is 2.91 bits per heavy atom. The van der Waals surface area contributed by atoms with Gasteiger partial charge in [0.05, 0.1) is 0 Å². The number of carbonyl (C=O) groups is 1. The average Bonchev–Trinajstić information content (AvgIpc) is 2.87. The van der Waals surface area contributed by atoms with Gasteiger partial charge >= 0.3 is 0 Å². The van der Waals surface area contributed by atoms with Crippen molar-refractivity contribution in [2.75, 3.05) is 19.6 Å². The van der Waals surface area contributed by atoms with Crippen LogP contribution in [0.15, 0.2) is 0 Å². The van der Waals surface area contributed by atoms with Gasteiger partial charge in [-0.3, -0.25) is 4.79 Å². The molecule has 11 heavy (non-hydrogen) atoms. The molecular formula is C8H14N2O. The van der Waals surface area contributed by atoms with E-state index in [9.17, 15) is 4.79 Å². The summed E-state index contributed by atoms with van der Waals surface area (Å²) < 4.78 is 0. The number of rotatable bonds is 2. The molecule has 62 valence electrons. The summed E-state index contributed by atoms with van der Waals surface area (Å²) in [6.45, 7) is 2.86. The third-order valence-corrected chi connectivity index (χ3v) is 2.63. The van der Waals surface area contributed by atoms with Gasteiger partial charge in [0.1, 0.15) is 0 Å². The second kappa shape index (κ2) is 2.81. The van der Waals surface area contributed by atoms with Crippen molar-refractivity contribution in [1.82, 2.24) is 10.2 Å². The van der Waals surface area contributed by atoms with Crippen molar-refractivity contribution in [2.45, 2.75) is 18.9 Å². The highest BCUT2D eigenvalue weighted by atomic mass is 16.1. The molecule has 1 aliphatic carbocycles. The van der Waals surface area contributed by atoms with E-state index in [1.54, 1.807) is 0 Å². The van der Waals surface area contributed by atoms with Crippen LogP contribution in [0.25, 0.3) is 0 Å². The monoisotopic (exact) mass is 154 g/mol. The number of nitrogens with zero attached hydrogens (tertiary/aromatic N) is 1. The van der Waals surface area contributed by atoms with Gasteiger partial charge in [-0.2, -0.15) is 0 Å². The summed E-state index contributed by atoms with van der Waals surface area (Å²) in [6, 6.07) is 0.501. The predicted octanol–water partition coefficient (Wildman–Crippen LogP) is -0.173. The fourth-order valence-electron chi connectivity index (χ4n) is 1.79. The Labute approximate surface area is 66.8 Å². The van der Waals surface area contributed by atoms with E-state index in [1.807, 2.05) is 4.90 Å². The number of amides is 1. The maximum atomic E-state index is 10.6. The van der Waals surface area contributed by atoms with Gasteiger partial charge in [-0.1, -0.05) is 0 Å². The topological polar surface area (TPSA) is 32.3 Å². The van der Waals surface area contributed by atoms with Crippen LogP contribution in [-0.4, -0.2) is 37.0 Å². The fraction of sp³-hybridized carbons (Fsp3) is 0.875. The van der Waals surface area contributed by atoms with Crippen molar-refractivity contribution >= 4 is 6.41 Å². The standard InChI is InChI=1S/C8H14N2O/c11-6-10-4-3-9-5-8(10)7-1-2-7/h6-9H,1-5H2. The minimum atomic E-state index is 0.501. The lowest BCUT2D eigenvalue weighted by atomic mass is 10.1. The van der Waals surface area contributed by atoms with Crippen LogP contribution in [0, 0.1) is 5.92 Å². The molecule has 1 saturated carbocycles. The summed E-state index contributed by atoms with van der Waals surface area (Å²) >= 11 is 0. The Morgan fingerprint density at radius 1 is 1.45 bits per heavy atom. The van der Waals surface area contributed by atoms with Crippen LogP contribution >= 0.6 is 0 Å². The first kappa shape index (κ1) is 7.10. The molecule has 3 nitrogen and oxygen atoms in total. The first-order valence-electron chi connectivity index (χ1n) is 4.33. The molecule has 1 unspecified atom stereocenters. The molecule has 0 radical (unpaired) electrons. The highest BCUT2D eigenvalue weighted by Gasteiger charge is 2.35. The molecule has 1 N–H and O–H groups in total. The van der Waals surface area contributed by atoms with Crippen molar-refractivity contribution in [3.05, 3.63) is 0 Å². The maximum absolute atomic E-state index is 10.6. The van der Waals surface area contributed by atoms with Crippen LogP contribution in [0.5, 0.6) is 0 Å². The first-order chi connectivity index (χ1) is 5.42. The van der Waals surface area contributed by atoms with Crippen LogP contribution < -0.4 is 5.32 Å². The third-order valence-electron chi connectivity index (χ3n) is 2.63. The maximum Gasteiger partial charge on any atom is 0.210 e. The molecule has 1 saturated heterocycles. The number of hydrogen-bond acceptors (Lipinski definition) is 2. The summed E-state index contributed by atoms with van der Waals surface area (Å²) in [5, 5.41) is 3.32. The molecule has 0 aromatic rings. The van der Waals surface area contributed by atoms with Gasteiger partial charge in [0.2, 0.25) is 6.41 Å². The van der Waals surface area contributed by atoms with Gasteiger partial charge in [0, 0.05) is 25.7 Å². The molecule has 0 aromatic carbocycles. The minimum Gasteiger partial charge on any atom is -0.339 e. The highest BCUT2D eigenvalue weighted by Crippen LogP contribution is 2.35. The second-order valence-corrected chi connectivity index (χ2v) is 3.45. The van der Waals surface area contributed by atoms with Crippen molar-refractivity contribution in [3.63, 3.8) is 0 Å². The zero-order valence-electron chi connectivity index (χ0n) is 6.62. The quantitative estimate of drug-likeness (QED) is 0.560. The van der Waals surface area contributed by atoms with Gasteiger partial charge in [-0.05, 0) is 18.8 Å². The van der Waals surface area contributed by atoms with Crippen molar-refractivity contribution in [3.8, 4) is 0 Å². The van der Waals surface area contributed by atoms with Crippen LogP contribution in [-0.2, 0) is 4.79 Å². The summed E-state index contributed by atoms with van der Waals surface area (Å²) in [4.78, 5) is 12.6. The normalized spacial score (nSPS) is 32.0. The number of carbonyl (C=O) groups excluding carboxylic acids is 1. The van der Waals surface area contributed by atoms with Gasteiger partial charge in [0.15, 0.2) is 0 Å². The van der Waals surface area contributed by atoms with Gasteiger partial charge in [-0.25, -0.2) is 0 Å². The Kier molecular flexibility index (Phi) is 1.82. The number of hydrogen-bond donors (Lipinski definition) is 1. The molecule has 0 bridgehead atoms. The molecular weight excluding hydrogens is 140 g/mol. The summed E-state index contributed by atoms with van der Waals surface area (Å²) in [5.74, 6) is 0.799. The van der Waals surface area contributed by atoms with E-state index in [1.165, 1.54) is 12.8 Å². The second-order valence-electron chi connectivity index (χ2n) is 3.45. The zero-order chi connectivity index (χ0) is 7.68. The fourth-order valence-corrected chi connectivity index (χ4v) is 1.79. The predicted molar refractivity (Wildman–Crippen MR) is 42.2 cm³/mol. The van der Waals surface area contributed by atoms with Gasteiger partial charge in [-0.15, -0.1) is 0 Å². The van der Waals surface area contributed by atoms with E-state index in [0.717, 1.165) is 32.0 Å². The van der Waals surface area contributed by atoms with Crippen LogP contribution in [0.3, 0.4) is 0 Å². The molecule has 1 amide bonds. The highest BCUT2D eigenvalue weighted by molar-refractivity contribution is 5.48. The molecule has 1 aliphatic heterocycles. The summed E-state index contributed by atoms with van der Waals surface area (Å²) in [6.07, 6.45) is 3.64. The lowest BCUT2D eigenvalue weighted by Gasteiger charge is -2.33. The van der Waals surface area contributed by atoms with E-state index in [-0.39, 0.29) is 0 Å². The van der Waals surface area contributed by atoms with E-state index in [2.05, 4.69) is 5.32 Å². The SMILES string of the molecule is O=CN1CCNCC1C1CC1. The molecule has 1 atom stereocenters. The van der Waals surface area contributed by atoms with E-state index < -0.39 is 0 Å². The largest absolute Gasteiger partial charge is 0.339 e. The first-order valence-corrected chi connectivity index (χ1v) is 4.33. The van der Waals surface area contributed by atoms with E-state index in [0.29, 0.717) is 6.04 Å². The zero-order valence-corrected chi connectivity index (χ0v) is 6.62. The van der Waals surface area contributed by atoms with Crippen LogP contribution in [0.1, 0.15) is 12.8 Å². The van der Waals surface area contributed by atoms with Crippen molar-refractivity contribution in [1.29, 1.82) is 0 Å². The van der Waals surface area contributed by atoms with E-state index in [4.69, 9.17) is 0 Å². The van der Waals surface area contributed by atoms with Crippen molar-refractivity contribution < 1.29 is 4.79 Å². The number of nitrogens with one attached hydrogen (secondary N) is 1. The lowest BCUT2D eigenvalue weighted by Crippen LogP contribution is -2.51. The van der Waals surface area contributed by atoms with E-state index >= 15 is 0 Å². The van der Waals surface area contributed by atoms with Gasteiger partial charge < -0.3 is 10.2 Å². The lowest BCUT2D eigenvalue weighted by molar-refractivity contribution is -0.121. The van der Waals surface area contributed by atoms with Gasteiger partial charge in [0.25, 0.3) is 0 Å². The Morgan fingerprint density at radius 2 is 2.27 bits per heavy atom. The van der Waals surface area contributed by atoms with Crippen molar-refractivity contribution in [2.24, 2.45) is 5.92 Å². The third kappa shape index (κ3) is 1.38. The summed E-state index contributed by atoms with van der Waals surface area (Å²) in [7, 11) is 0. The molecule has 2 aliphatic rings.